The zero-order valence-electron chi connectivity index (χ0n) is 15.2. The number of para-hydroxylation sites is 1. The summed E-state index contributed by atoms with van der Waals surface area (Å²) in [4.78, 5) is 18.1. The Hall–Kier alpha value is -2.57. The first-order valence-electron chi connectivity index (χ1n) is 9.21. The van der Waals surface area contributed by atoms with Gasteiger partial charge in [0.2, 0.25) is 5.89 Å². The Morgan fingerprint density at radius 1 is 1.31 bits per heavy atom. The topological polar surface area (TPSA) is 80.5 Å². The van der Waals surface area contributed by atoms with E-state index in [1.165, 1.54) is 12.8 Å². The fourth-order valence-corrected chi connectivity index (χ4v) is 3.04. The van der Waals surface area contributed by atoms with E-state index < -0.39 is 0 Å². The first kappa shape index (κ1) is 18.2. The SMILES string of the molecule is CN(CCOc1ccccc1)C(=O)NCCc1noc(C2CCCC2)n1. The largest absolute Gasteiger partial charge is 0.492 e. The van der Waals surface area contributed by atoms with Gasteiger partial charge >= 0.3 is 6.03 Å². The Bertz CT molecular complexity index is 683. The number of benzene rings is 1. The number of amides is 2. The molecule has 0 unspecified atom stereocenters. The maximum Gasteiger partial charge on any atom is 0.317 e. The molecule has 1 heterocycles. The van der Waals surface area contributed by atoms with Crippen molar-refractivity contribution in [3.05, 3.63) is 42.0 Å². The van der Waals surface area contributed by atoms with Crippen molar-refractivity contribution in [2.45, 2.75) is 38.0 Å². The highest BCUT2D eigenvalue weighted by molar-refractivity contribution is 5.73. The second kappa shape index (κ2) is 9.22. The fourth-order valence-electron chi connectivity index (χ4n) is 3.04. The molecule has 1 aromatic heterocycles. The molecule has 0 spiro atoms. The van der Waals surface area contributed by atoms with Gasteiger partial charge in [0.25, 0.3) is 0 Å². The molecule has 0 saturated heterocycles. The molecule has 3 rings (SSSR count). The highest BCUT2D eigenvalue weighted by Crippen LogP contribution is 2.32. The zero-order valence-corrected chi connectivity index (χ0v) is 15.2. The highest BCUT2D eigenvalue weighted by Gasteiger charge is 2.22. The van der Waals surface area contributed by atoms with Crippen LogP contribution in [0.5, 0.6) is 5.75 Å². The van der Waals surface area contributed by atoms with Gasteiger partial charge in [-0.15, -0.1) is 0 Å². The Labute approximate surface area is 153 Å². The van der Waals surface area contributed by atoms with E-state index in [2.05, 4.69) is 15.5 Å². The monoisotopic (exact) mass is 358 g/mol. The number of nitrogens with zero attached hydrogens (tertiary/aromatic N) is 3. The van der Waals surface area contributed by atoms with Gasteiger partial charge in [-0.1, -0.05) is 36.2 Å². The van der Waals surface area contributed by atoms with Crippen LogP contribution in [-0.4, -0.2) is 47.8 Å². The number of urea groups is 1. The number of carbonyl (C=O) groups is 1. The van der Waals surface area contributed by atoms with Gasteiger partial charge in [0.05, 0.1) is 6.54 Å². The lowest BCUT2D eigenvalue weighted by atomic mass is 10.1. The van der Waals surface area contributed by atoms with Gasteiger partial charge in [0, 0.05) is 25.9 Å². The van der Waals surface area contributed by atoms with Crippen LogP contribution in [0.15, 0.2) is 34.9 Å². The molecular formula is C19H26N4O3. The van der Waals surface area contributed by atoms with Crippen LogP contribution in [0.2, 0.25) is 0 Å². The Balaban J connectivity index is 1.33. The van der Waals surface area contributed by atoms with Gasteiger partial charge in [-0.3, -0.25) is 0 Å². The van der Waals surface area contributed by atoms with E-state index in [0.29, 0.717) is 37.9 Å². The summed E-state index contributed by atoms with van der Waals surface area (Å²) in [5.41, 5.74) is 0. The van der Waals surface area contributed by atoms with E-state index in [-0.39, 0.29) is 6.03 Å². The van der Waals surface area contributed by atoms with E-state index in [4.69, 9.17) is 9.26 Å². The van der Waals surface area contributed by atoms with Gasteiger partial charge in [-0.25, -0.2) is 4.79 Å². The second-order valence-electron chi connectivity index (χ2n) is 6.60. The molecule has 0 radical (unpaired) electrons. The van der Waals surface area contributed by atoms with Gasteiger partial charge in [0.15, 0.2) is 5.82 Å². The van der Waals surface area contributed by atoms with E-state index in [1.807, 2.05) is 30.3 Å². The van der Waals surface area contributed by atoms with E-state index in [1.54, 1.807) is 11.9 Å². The number of aromatic nitrogens is 2. The van der Waals surface area contributed by atoms with Gasteiger partial charge in [0.1, 0.15) is 12.4 Å². The maximum atomic E-state index is 12.1. The average molecular weight is 358 g/mol. The standard InChI is InChI=1S/C19H26N4O3/c1-23(13-14-25-16-9-3-2-4-10-16)19(24)20-12-11-17-21-18(26-22-17)15-7-5-6-8-15/h2-4,9-10,15H,5-8,11-14H2,1H3,(H,20,24). The minimum absolute atomic E-state index is 0.138. The average Bonchev–Trinajstić information content (AvgIpc) is 3.34. The molecule has 140 valence electrons. The molecule has 2 aromatic rings. The van der Waals surface area contributed by atoms with Crippen molar-refractivity contribution in [1.82, 2.24) is 20.4 Å². The third-order valence-electron chi connectivity index (χ3n) is 4.60. The van der Waals surface area contributed by atoms with Crippen LogP contribution in [0.3, 0.4) is 0 Å². The molecule has 0 aliphatic heterocycles. The van der Waals surface area contributed by atoms with E-state index >= 15 is 0 Å². The molecule has 7 nitrogen and oxygen atoms in total. The molecule has 1 N–H and O–H groups in total. The van der Waals surface area contributed by atoms with Crippen LogP contribution in [-0.2, 0) is 6.42 Å². The highest BCUT2D eigenvalue weighted by atomic mass is 16.5. The van der Waals surface area contributed by atoms with Crippen molar-refractivity contribution in [1.29, 1.82) is 0 Å². The lowest BCUT2D eigenvalue weighted by Crippen LogP contribution is -2.40. The van der Waals surface area contributed by atoms with Gasteiger partial charge in [-0.2, -0.15) is 4.98 Å². The van der Waals surface area contributed by atoms with Crippen LogP contribution < -0.4 is 10.1 Å². The van der Waals surface area contributed by atoms with Crippen molar-refractivity contribution in [2.75, 3.05) is 26.7 Å². The first-order valence-corrected chi connectivity index (χ1v) is 9.21. The molecule has 26 heavy (non-hydrogen) atoms. The number of nitrogens with one attached hydrogen (secondary N) is 1. The second-order valence-corrected chi connectivity index (χ2v) is 6.60. The van der Waals surface area contributed by atoms with Gasteiger partial charge in [-0.05, 0) is 25.0 Å². The molecule has 7 heteroatoms. The summed E-state index contributed by atoms with van der Waals surface area (Å²) in [5, 5.41) is 6.88. The van der Waals surface area contributed by atoms with Crippen LogP contribution in [0.1, 0.15) is 43.3 Å². The molecule has 1 aliphatic rings. The maximum absolute atomic E-state index is 12.1. The quantitative estimate of drug-likeness (QED) is 0.785. The third-order valence-corrected chi connectivity index (χ3v) is 4.60. The fraction of sp³-hybridized carbons (Fsp3) is 0.526. The number of hydrogen-bond donors (Lipinski definition) is 1. The Morgan fingerprint density at radius 3 is 2.85 bits per heavy atom. The lowest BCUT2D eigenvalue weighted by Gasteiger charge is -2.18. The van der Waals surface area contributed by atoms with Crippen LogP contribution in [0, 0.1) is 0 Å². The third kappa shape index (κ3) is 5.21. The molecule has 1 saturated carbocycles. The summed E-state index contributed by atoms with van der Waals surface area (Å²) in [7, 11) is 1.75. The predicted molar refractivity (Wildman–Crippen MR) is 97.2 cm³/mol. The summed E-state index contributed by atoms with van der Waals surface area (Å²) in [6.07, 6.45) is 5.30. The van der Waals surface area contributed by atoms with Gasteiger partial charge < -0.3 is 19.5 Å². The van der Waals surface area contributed by atoms with Crippen molar-refractivity contribution < 1.29 is 14.1 Å². The molecule has 1 fully saturated rings. The van der Waals surface area contributed by atoms with Crippen LogP contribution in [0.25, 0.3) is 0 Å². The minimum Gasteiger partial charge on any atom is -0.492 e. The summed E-state index contributed by atoms with van der Waals surface area (Å²) >= 11 is 0. The number of hydrogen-bond acceptors (Lipinski definition) is 5. The molecule has 1 aliphatic carbocycles. The van der Waals surface area contributed by atoms with Crippen LogP contribution in [0.4, 0.5) is 4.79 Å². The predicted octanol–water partition coefficient (Wildman–Crippen LogP) is 2.99. The van der Waals surface area contributed by atoms with Crippen molar-refractivity contribution >= 4 is 6.03 Å². The summed E-state index contributed by atoms with van der Waals surface area (Å²) < 4.78 is 10.9. The van der Waals surface area contributed by atoms with E-state index in [9.17, 15) is 4.79 Å². The summed E-state index contributed by atoms with van der Waals surface area (Å²) in [6.45, 7) is 1.44. The number of carbonyl (C=O) groups excluding carboxylic acids is 1. The van der Waals surface area contributed by atoms with Crippen molar-refractivity contribution in [2.24, 2.45) is 0 Å². The zero-order chi connectivity index (χ0) is 18.2. The Kier molecular flexibility index (Phi) is 6.46. The normalized spacial score (nSPS) is 14.3. The number of rotatable bonds is 8. The minimum atomic E-state index is -0.138. The molecule has 2 amide bonds. The Morgan fingerprint density at radius 2 is 2.08 bits per heavy atom. The van der Waals surface area contributed by atoms with Crippen molar-refractivity contribution in [3.63, 3.8) is 0 Å². The lowest BCUT2D eigenvalue weighted by molar-refractivity contribution is 0.195. The van der Waals surface area contributed by atoms with E-state index in [0.717, 1.165) is 24.5 Å². The number of likely N-dealkylation sites (N-methyl/N-ethyl adjacent to an activating group) is 1. The van der Waals surface area contributed by atoms with Crippen molar-refractivity contribution in [3.8, 4) is 5.75 Å². The molecule has 0 atom stereocenters. The molecular weight excluding hydrogens is 332 g/mol. The summed E-state index contributed by atoms with van der Waals surface area (Å²) in [6, 6.07) is 9.42. The molecule has 0 bridgehead atoms. The first-order chi connectivity index (χ1) is 12.7. The number of ether oxygens (including phenoxy) is 1. The summed E-state index contributed by atoms with van der Waals surface area (Å²) in [5.74, 6) is 2.62. The van der Waals surface area contributed by atoms with Crippen LogP contribution >= 0.6 is 0 Å². The molecule has 1 aromatic carbocycles. The smallest absolute Gasteiger partial charge is 0.317 e.